The highest BCUT2D eigenvalue weighted by atomic mass is 16.5. The molecule has 8 nitrogen and oxygen atoms in total. The lowest BCUT2D eigenvalue weighted by molar-refractivity contribution is 0.0432. The van der Waals surface area contributed by atoms with Crippen LogP contribution in [0.2, 0.25) is 0 Å². The average molecular weight is 464 g/mol. The minimum Gasteiger partial charge on any atom is -0.377 e. The van der Waals surface area contributed by atoms with E-state index in [0.29, 0.717) is 23.1 Å². The van der Waals surface area contributed by atoms with Crippen LogP contribution in [0.3, 0.4) is 0 Å². The van der Waals surface area contributed by atoms with Gasteiger partial charge in [-0.25, -0.2) is 0 Å². The van der Waals surface area contributed by atoms with E-state index >= 15 is 0 Å². The molecule has 4 heterocycles. The maximum absolute atomic E-state index is 13.6. The Hall–Kier alpha value is -2.71. The van der Waals surface area contributed by atoms with Gasteiger partial charge in [-0.05, 0) is 50.3 Å². The number of ether oxygens (including phenoxy) is 1. The van der Waals surface area contributed by atoms with Gasteiger partial charge in [0, 0.05) is 50.3 Å². The SMILES string of the molecule is Cc1cc2[nH]c(=O)c3cnn(C4CCCC4)c3c2cc1C(=O)N1CCN(CC2CCCO2)CC1. The third-order valence-corrected chi connectivity index (χ3v) is 7.95. The summed E-state index contributed by atoms with van der Waals surface area (Å²) in [4.78, 5) is 33.7. The van der Waals surface area contributed by atoms with Crippen LogP contribution >= 0.6 is 0 Å². The molecule has 8 heteroatoms. The maximum Gasteiger partial charge on any atom is 0.259 e. The molecule has 34 heavy (non-hydrogen) atoms. The summed E-state index contributed by atoms with van der Waals surface area (Å²) in [6.45, 7) is 7.01. The van der Waals surface area contributed by atoms with Gasteiger partial charge >= 0.3 is 0 Å². The van der Waals surface area contributed by atoms with E-state index in [4.69, 9.17) is 4.74 Å². The quantitative estimate of drug-likeness (QED) is 0.642. The van der Waals surface area contributed by atoms with Gasteiger partial charge < -0.3 is 14.6 Å². The third-order valence-electron chi connectivity index (χ3n) is 7.95. The van der Waals surface area contributed by atoms with Crippen molar-refractivity contribution in [1.29, 1.82) is 0 Å². The first-order valence-corrected chi connectivity index (χ1v) is 12.8. The first-order chi connectivity index (χ1) is 16.6. The number of hydrogen-bond donors (Lipinski definition) is 1. The van der Waals surface area contributed by atoms with Gasteiger partial charge in [0.1, 0.15) is 0 Å². The molecule has 1 aromatic carbocycles. The van der Waals surface area contributed by atoms with Crippen LogP contribution in [0.4, 0.5) is 0 Å². The normalized spacial score (nSPS) is 22.4. The molecule has 0 radical (unpaired) electrons. The van der Waals surface area contributed by atoms with E-state index in [-0.39, 0.29) is 11.5 Å². The number of fused-ring (bicyclic) bond motifs is 3. The minimum absolute atomic E-state index is 0.0717. The third kappa shape index (κ3) is 3.82. The van der Waals surface area contributed by atoms with Crippen molar-refractivity contribution < 1.29 is 9.53 Å². The smallest absolute Gasteiger partial charge is 0.259 e. The second-order valence-corrected chi connectivity index (χ2v) is 10.2. The molecule has 1 aliphatic carbocycles. The number of pyridine rings is 1. The van der Waals surface area contributed by atoms with Crippen molar-refractivity contribution in [1.82, 2.24) is 24.6 Å². The molecular weight excluding hydrogens is 430 g/mol. The number of carbonyl (C=O) groups excluding carboxylic acids is 1. The zero-order valence-electron chi connectivity index (χ0n) is 19.9. The Morgan fingerprint density at radius 3 is 2.62 bits per heavy atom. The fourth-order valence-corrected chi connectivity index (χ4v) is 6.03. The number of aromatic amines is 1. The molecule has 3 aliphatic rings. The Kier molecular flexibility index (Phi) is 5.65. The molecule has 6 rings (SSSR count). The van der Waals surface area contributed by atoms with Crippen molar-refractivity contribution in [3.63, 3.8) is 0 Å². The number of hydrogen-bond acceptors (Lipinski definition) is 5. The van der Waals surface area contributed by atoms with Crippen molar-refractivity contribution in [2.75, 3.05) is 39.3 Å². The van der Waals surface area contributed by atoms with E-state index in [1.165, 1.54) is 12.8 Å². The van der Waals surface area contributed by atoms with Crippen LogP contribution in [0.1, 0.15) is 60.5 Å². The number of carbonyl (C=O) groups is 1. The molecule has 1 atom stereocenters. The zero-order valence-corrected chi connectivity index (χ0v) is 19.9. The summed E-state index contributed by atoms with van der Waals surface area (Å²) >= 11 is 0. The van der Waals surface area contributed by atoms with Crippen LogP contribution in [0.25, 0.3) is 21.8 Å². The van der Waals surface area contributed by atoms with Crippen LogP contribution in [0.15, 0.2) is 23.1 Å². The Morgan fingerprint density at radius 1 is 1.09 bits per heavy atom. The van der Waals surface area contributed by atoms with E-state index < -0.39 is 0 Å². The highest BCUT2D eigenvalue weighted by Gasteiger charge is 2.27. The van der Waals surface area contributed by atoms with Gasteiger partial charge in [0.25, 0.3) is 11.5 Å². The van der Waals surface area contributed by atoms with Crippen LogP contribution in [-0.4, -0.2) is 75.9 Å². The van der Waals surface area contributed by atoms with Gasteiger partial charge in [-0.1, -0.05) is 12.8 Å². The largest absolute Gasteiger partial charge is 0.377 e. The molecule has 180 valence electrons. The minimum atomic E-state index is -0.118. The highest BCUT2D eigenvalue weighted by molar-refractivity contribution is 6.07. The Balaban J connectivity index is 1.30. The van der Waals surface area contributed by atoms with Gasteiger partial charge in [-0.2, -0.15) is 5.10 Å². The number of amides is 1. The zero-order chi connectivity index (χ0) is 23.2. The molecule has 1 unspecified atom stereocenters. The summed E-state index contributed by atoms with van der Waals surface area (Å²) in [5, 5.41) is 6.12. The fourth-order valence-electron chi connectivity index (χ4n) is 6.03. The van der Waals surface area contributed by atoms with Crippen molar-refractivity contribution >= 4 is 27.7 Å². The summed E-state index contributed by atoms with van der Waals surface area (Å²) < 4.78 is 7.82. The predicted octanol–water partition coefficient (Wildman–Crippen LogP) is 3.24. The lowest BCUT2D eigenvalue weighted by Gasteiger charge is -2.36. The summed E-state index contributed by atoms with van der Waals surface area (Å²) in [6, 6.07) is 4.25. The Labute approximate surface area is 198 Å². The Bertz CT molecular complexity index is 1280. The summed E-state index contributed by atoms with van der Waals surface area (Å²) in [7, 11) is 0. The molecule has 2 aromatic heterocycles. The number of rotatable bonds is 4. The molecule has 0 bridgehead atoms. The van der Waals surface area contributed by atoms with Gasteiger partial charge in [0.05, 0.1) is 34.8 Å². The summed E-state index contributed by atoms with van der Waals surface area (Å²) in [6.07, 6.45) is 8.87. The molecular formula is C26H33N5O3. The molecule has 2 saturated heterocycles. The van der Waals surface area contributed by atoms with Gasteiger partial charge in [-0.3, -0.25) is 19.2 Å². The average Bonchev–Trinajstić information content (AvgIpc) is 3.60. The lowest BCUT2D eigenvalue weighted by atomic mass is 10.0. The van der Waals surface area contributed by atoms with Gasteiger partial charge in [-0.15, -0.1) is 0 Å². The Morgan fingerprint density at radius 2 is 1.88 bits per heavy atom. The first-order valence-electron chi connectivity index (χ1n) is 12.8. The van der Waals surface area contributed by atoms with Crippen LogP contribution < -0.4 is 5.56 Å². The molecule has 1 N–H and O–H groups in total. The second kappa shape index (κ2) is 8.82. The number of benzene rings is 1. The fraction of sp³-hybridized carbons (Fsp3) is 0.577. The number of aromatic nitrogens is 3. The first kappa shape index (κ1) is 21.8. The topological polar surface area (TPSA) is 83.5 Å². The maximum atomic E-state index is 13.6. The van der Waals surface area contributed by atoms with Crippen LogP contribution in [-0.2, 0) is 4.74 Å². The monoisotopic (exact) mass is 463 g/mol. The van der Waals surface area contributed by atoms with Crippen molar-refractivity contribution in [3.8, 4) is 0 Å². The van der Waals surface area contributed by atoms with Crippen LogP contribution in [0.5, 0.6) is 0 Å². The van der Waals surface area contributed by atoms with Crippen LogP contribution in [0, 0.1) is 6.92 Å². The lowest BCUT2D eigenvalue weighted by Crippen LogP contribution is -2.50. The van der Waals surface area contributed by atoms with E-state index in [2.05, 4.69) is 15.0 Å². The van der Waals surface area contributed by atoms with Crippen molar-refractivity contribution in [2.45, 2.75) is 57.6 Å². The predicted molar refractivity (Wildman–Crippen MR) is 131 cm³/mol. The molecule has 3 fully saturated rings. The van der Waals surface area contributed by atoms with Crippen molar-refractivity contribution in [3.05, 3.63) is 39.8 Å². The standard InChI is InChI=1S/C26H33N5O3/c1-17-13-23-21(24-22(25(32)28-23)15-27-31(24)18-5-2-3-6-18)14-20(17)26(33)30-10-8-29(9-11-30)16-19-7-4-12-34-19/h13-15,18-19H,2-12,16H2,1H3,(H,28,32). The van der Waals surface area contributed by atoms with E-state index in [9.17, 15) is 9.59 Å². The second-order valence-electron chi connectivity index (χ2n) is 10.2. The highest BCUT2D eigenvalue weighted by Crippen LogP contribution is 2.34. The molecule has 3 aromatic rings. The van der Waals surface area contributed by atoms with E-state index in [1.54, 1.807) is 6.20 Å². The number of H-pyrrole nitrogens is 1. The number of nitrogens with zero attached hydrogens (tertiary/aromatic N) is 4. The van der Waals surface area contributed by atoms with Gasteiger partial charge in [0.2, 0.25) is 0 Å². The van der Waals surface area contributed by atoms with E-state index in [1.807, 2.05) is 28.6 Å². The molecule has 0 spiro atoms. The summed E-state index contributed by atoms with van der Waals surface area (Å²) in [5.74, 6) is 0.0717. The van der Waals surface area contributed by atoms with Crippen molar-refractivity contribution in [2.24, 2.45) is 0 Å². The molecule has 2 aliphatic heterocycles. The number of piperazine rings is 1. The molecule has 1 amide bonds. The summed E-state index contributed by atoms with van der Waals surface area (Å²) in [5.41, 5.74) is 3.12. The number of aryl methyl sites for hydroxylation is 1. The van der Waals surface area contributed by atoms with E-state index in [0.717, 1.165) is 87.0 Å². The molecule has 1 saturated carbocycles. The van der Waals surface area contributed by atoms with Gasteiger partial charge in [0.15, 0.2) is 0 Å². The number of nitrogens with one attached hydrogen (secondary N) is 1.